The van der Waals surface area contributed by atoms with Gasteiger partial charge in [-0.25, -0.2) is 13.6 Å². The summed E-state index contributed by atoms with van der Waals surface area (Å²) < 4.78 is 23.9. The van der Waals surface area contributed by atoms with Gasteiger partial charge in [-0.3, -0.25) is 9.48 Å². The second kappa shape index (κ2) is 4.68. The average Bonchev–Trinajstić information content (AvgIpc) is 2.84. The van der Waals surface area contributed by atoms with Crippen LogP contribution in [0, 0.1) is 0 Å². The number of nitrogens with one attached hydrogen (secondary N) is 2. The van der Waals surface area contributed by atoms with Crippen LogP contribution in [0.3, 0.4) is 0 Å². The first-order valence-corrected chi connectivity index (χ1v) is 6.91. The van der Waals surface area contributed by atoms with E-state index in [0.717, 1.165) is 0 Å². The highest BCUT2D eigenvalue weighted by Crippen LogP contribution is 2.18. The molecule has 2 aromatic rings. The lowest BCUT2D eigenvalue weighted by Gasteiger charge is -2.01. The fourth-order valence-electron chi connectivity index (χ4n) is 1.44. The summed E-state index contributed by atoms with van der Waals surface area (Å²) in [5, 5.41) is 11.6. The summed E-state index contributed by atoms with van der Waals surface area (Å²) in [6.45, 7) is 0. The van der Waals surface area contributed by atoms with Crippen molar-refractivity contribution in [2.75, 3.05) is 5.32 Å². The molecule has 19 heavy (non-hydrogen) atoms. The zero-order valence-electron chi connectivity index (χ0n) is 9.71. The summed E-state index contributed by atoms with van der Waals surface area (Å²) in [5.74, 6) is -0.712. The molecule has 1 amide bonds. The monoisotopic (exact) mass is 303 g/mol. The number of rotatable bonds is 3. The minimum atomic E-state index is -3.97. The van der Waals surface area contributed by atoms with Crippen LogP contribution in [0.1, 0.15) is 10.5 Å². The van der Waals surface area contributed by atoms with Gasteiger partial charge in [0.1, 0.15) is 10.6 Å². The molecule has 0 saturated carbocycles. The number of nitrogens with zero attached hydrogens (tertiary/aromatic N) is 2. The van der Waals surface area contributed by atoms with Gasteiger partial charge >= 0.3 is 0 Å². The van der Waals surface area contributed by atoms with Crippen LogP contribution < -0.4 is 10.5 Å². The molecule has 2 rings (SSSR count). The van der Waals surface area contributed by atoms with Crippen LogP contribution in [0.4, 0.5) is 5.82 Å². The van der Waals surface area contributed by atoms with Crippen LogP contribution in [0.25, 0.3) is 0 Å². The number of halogens is 1. The Kier molecular flexibility index (Phi) is 3.35. The van der Waals surface area contributed by atoms with Crippen LogP contribution >= 0.6 is 11.6 Å². The highest BCUT2D eigenvalue weighted by molar-refractivity contribution is 7.89. The van der Waals surface area contributed by atoms with Gasteiger partial charge in [0, 0.05) is 19.4 Å². The van der Waals surface area contributed by atoms with Crippen molar-refractivity contribution < 1.29 is 13.2 Å². The average molecular weight is 304 g/mol. The number of aryl methyl sites for hydroxylation is 1. The number of H-pyrrole nitrogens is 1. The van der Waals surface area contributed by atoms with Crippen molar-refractivity contribution in [3.05, 3.63) is 29.2 Å². The van der Waals surface area contributed by atoms with Crippen LogP contribution in [0.15, 0.2) is 23.4 Å². The van der Waals surface area contributed by atoms with Crippen LogP contribution in [-0.4, -0.2) is 29.1 Å². The molecule has 0 aliphatic heterocycles. The van der Waals surface area contributed by atoms with Crippen molar-refractivity contribution in [3.63, 3.8) is 0 Å². The van der Waals surface area contributed by atoms with E-state index >= 15 is 0 Å². The quantitative estimate of drug-likeness (QED) is 0.754. The van der Waals surface area contributed by atoms with Gasteiger partial charge in [0.15, 0.2) is 5.82 Å². The molecule has 2 heterocycles. The van der Waals surface area contributed by atoms with E-state index in [0.29, 0.717) is 5.02 Å². The number of primary sulfonamides is 1. The zero-order chi connectivity index (χ0) is 14.2. The number of carbonyl (C=O) groups excluding carboxylic acids is 1. The highest BCUT2D eigenvalue weighted by atomic mass is 35.5. The van der Waals surface area contributed by atoms with Crippen LogP contribution in [-0.2, 0) is 17.1 Å². The molecule has 0 radical (unpaired) electrons. The molecule has 4 N–H and O–H groups in total. The number of aromatic nitrogens is 3. The number of carbonyl (C=O) groups is 1. The minimum absolute atomic E-state index is 0.138. The van der Waals surface area contributed by atoms with Gasteiger partial charge in [-0.2, -0.15) is 5.10 Å². The van der Waals surface area contributed by atoms with Gasteiger partial charge in [0.05, 0.1) is 5.02 Å². The summed E-state index contributed by atoms with van der Waals surface area (Å²) in [6, 6.07) is 1.40. The van der Waals surface area contributed by atoms with Gasteiger partial charge in [-0.1, -0.05) is 11.6 Å². The molecule has 2 aromatic heterocycles. The van der Waals surface area contributed by atoms with Crippen LogP contribution in [0.2, 0.25) is 5.02 Å². The Hall–Kier alpha value is -1.84. The van der Waals surface area contributed by atoms with E-state index in [4.69, 9.17) is 16.7 Å². The van der Waals surface area contributed by atoms with E-state index in [2.05, 4.69) is 15.4 Å². The van der Waals surface area contributed by atoms with Crippen molar-refractivity contribution in [2.24, 2.45) is 12.2 Å². The number of anilines is 1. The Labute approximate surface area is 113 Å². The molecule has 0 saturated heterocycles. The predicted molar refractivity (Wildman–Crippen MR) is 68.3 cm³/mol. The largest absolute Gasteiger partial charge is 0.356 e. The number of nitrogens with two attached hydrogens (primary N) is 1. The molecular weight excluding hydrogens is 294 g/mol. The smallest absolute Gasteiger partial charge is 0.273 e. The molecule has 0 aliphatic carbocycles. The first kappa shape index (κ1) is 13.6. The van der Waals surface area contributed by atoms with E-state index in [9.17, 15) is 13.2 Å². The van der Waals surface area contributed by atoms with Gasteiger partial charge in [-0.05, 0) is 6.07 Å². The minimum Gasteiger partial charge on any atom is -0.356 e. The van der Waals surface area contributed by atoms with E-state index in [1.165, 1.54) is 30.2 Å². The summed E-state index contributed by atoms with van der Waals surface area (Å²) in [6.07, 6.45) is 2.63. The first-order chi connectivity index (χ1) is 8.77. The number of amides is 1. The highest BCUT2D eigenvalue weighted by Gasteiger charge is 2.20. The number of hydrogen-bond acceptors (Lipinski definition) is 4. The summed E-state index contributed by atoms with van der Waals surface area (Å²) in [7, 11) is -2.46. The molecule has 0 atom stereocenters. The lowest BCUT2D eigenvalue weighted by Crippen LogP contribution is -2.18. The third kappa shape index (κ3) is 2.95. The van der Waals surface area contributed by atoms with Crippen molar-refractivity contribution in [1.29, 1.82) is 0 Å². The first-order valence-electron chi connectivity index (χ1n) is 4.99. The number of hydrogen-bond donors (Lipinski definition) is 3. The second-order valence-electron chi connectivity index (χ2n) is 3.75. The Morgan fingerprint density at radius 1 is 1.58 bits per heavy atom. The Morgan fingerprint density at radius 2 is 2.26 bits per heavy atom. The molecule has 8 nitrogen and oxygen atoms in total. The SMILES string of the molecule is Cn1cc(S(N)(=O)=O)c(NC(=O)c2cc(Cl)c[nH]2)n1. The predicted octanol–water partition coefficient (Wildman–Crippen LogP) is 0.301. The second-order valence-corrected chi connectivity index (χ2v) is 5.71. The van der Waals surface area contributed by atoms with E-state index in [-0.39, 0.29) is 16.4 Å². The standard InChI is InChI=1S/C9H10ClN5O3S/c1-15-4-7(19(11,17)18)8(14-15)13-9(16)6-2-5(10)3-12-6/h2-4,12H,1H3,(H2,11,17,18)(H,13,14,16). The van der Waals surface area contributed by atoms with Gasteiger partial charge in [-0.15, -0.1) is 0 Å². The van der Waals surface area contributed by atoms with Gasteiger partial charge in [0.25, 0.3) is 5.91 Å². The topological polar surface area (TPSA) is 123 Å². The normalized spacial score (nSPS) is 11.5. The molecule has 0 unspecified atom stereocenters. The molecule has 10 heteroatoms. The summed E-state index contributed by atoms with van der Waals surface area (Å²) in [4.78, 5) is 14.2. The van der Waals surface area contributed by atoms with Crippen molar-refractivity contribution in [1.82, 2.24) is 14.8 Å². The maximum absolute atomic E-state index is 11.8. The molecule has 102 valence electrons. The molecular formula is C9H10ClN5O3S. The summed E-state index contributed by atoms with van der Waals surface area (Å²) >= 11 is 5.67. The summed E-state index contributed by atoms with van der Waals surface area (Å²) in [5.41, 5.74) is 0.177. The van der Waals surface area contributed by atoms with E-state index in [1.807, 2.05) is 0 Å². The van der Waals surface area contributed by atoms with E-state index < -0.39 is 15.9 Å². The van der Waals surface area contributed by atoms with Crippen molar-refractivity contribution in [2.45, 2.75) is 4.90 Å². The number of aromatic amines is 1. The van der Waals surface area contributed by atoms with Gasteiger partial charge in [0.2, 0.25) is 10.0 Å². The third-order valence-electron chi connectivity index (χ3n) is 2.23. The molecule has 0 spiro atoms. The molecule has 0 aromatic carbocycles. The van der Waals surface area contributed by atoms with Crippen LogP contribution in [0.5, 0.6) is 0 Å². The van der Waals surface area contributed by atoms with E-state index in [1.54, 1.807) is 0 Å². The lowest BCUT2D eigenvalue weighted by molar-refractivity contribution is 0.102. The molecule has 0 bridgehead atoms. The Bertz CT molecular complexity index is 733. The number of sulfonamides is 1. The maximum atomic E-state index is 11.8. The molecule has 0 aliphatic rings. The maximum Gasteiger partial charge on any atom is 0.273 e. The van der Waals surface area contributed by atoms with Crippen molar-refractivity contribution in [3.8, 4) is 0 Å². The lowest BCUT2D eigenvalue weighted by atomic mass is 10.4. The fraction of sp³-hybridized carbons (Fsp3) is 0.111. The zero-order valence-corrected chi connectivity index (χ0v) is 11.3. The third-order valence-corrected chi connectivity index (χ3v) is 3.36. The molecule has 0 fully saturated rings. The fourth-order valence-corrected chi connectivity index (χ4v) is 2.26. The van der Waals surface area contributed by atoms with Crippen molar-refractivity contribution >= 4 is 33.3 Å². The Morgan fingerprint density at radius 3 is 2.79 bits per heavy atom. The van der Waals surface area contributed by atoms with Gasteiger partial charge < -0.3 is 10.3 Å². The Balaban J connectivity index is 2.32.